The van der Waals surface area contributed by atoms with E-state index in [9.17, 15) is 0 Å². The molecule has 2 fully saturated rings. The molecule has 2 aliphatic rings. The Bertz CT molecular complexity index is 446. The number of fused-ring (bicyclic) bond motifs is 1. The summed E-state index contributed by atoms with van der Waals surface area (Å²) >= 11 is 0. The van der Waals surface area contributed by atoms with E-state index in [4.69, 9.17) is 4.74 Å². The van der Waals surface area contributed by atoms with Crippen LogP contribution in [0.3, 0.4) is 0 Å². The molecule has 20 heavy (non-hydrogen) atoms. The highest BCUT2D eigenvalue weighted by Crippen LogP contribution is 2.34. The quantitative estimate of drug-likeness (QED) is 0.847. The largest absolute Gasteiger partial charge is 0.489 e. The smallest absolute Gasteiger partial charge is 0.138 e. The topological polar surface area (TPSA) is 28.6 Å². The maximum absolute atomic E-state index is 5.66. The second-order valence-corrected chi connectivity index (χ2v) is 6.38. The molecule has 0 N–H and O–H groups in total. The van der Waals surface area contributed by atoms with E-state index in [1.54, 1.807) is 0 Å². The maximum Gasteiger partial charge on any atom is 0.138 e. The number of aromatic nitrogens is 1. The van der Waals surface area contributed by atoms with Gasteiger partial charge < -0.3 is 14.5 Å². The number of likely N-dealkylation sites (tertiary alicyclic amines) is 1. The molecule has 1 aromatic rings. The minimum atomic E-state index is 0.202. The Kier molecular flexibility index (Phi) is 3.83. The Balaban J connectivity index is 1.70. The van der Waals surface area contributed by atoms with Gasteiger partial charge in [0, 0.05) is 19.1 Å². The Labute approximate surface area is 121 Å². The summed E-state index contributed by atoms with van der Waals surface area (Å²) < 4.78 is 5.66. The van der Waals surface area contributed by atoms with Crippen LogP contribution in [0.5, 0.6) is 5.75 Å². The molecular formula is C16H25N3O. The van der Waals surface area contributed by atoms with Crippen molar-refractivity contribution in [2.75, 3.05) is 31.6 Å². The normalized spacial score (nSPS) is 26.9. The highest BCUT2D eigenvalue weighted by Gasteiger charge is 2.37. The van der Waals surface area contributed by atoms with E-state index in [-0.39, 0.29) is 6.10 Å². The van der Waals surface area contributed by atoms with Gasteiger partial charge in [-0.3, -0.25) is 0 Å². The first kappa shape index (κ1) is 13.7. The van der Waals surface area contributed by atoms with Crippen LogP contribution in [0.25, 0.3) is 0 Å². The Hall–Kier alpha value is -1.29. The number of hydrogen-bond acceptors (Lipinski definition) is 4. The van der Waals surface area contributed by atoms with Crippen LogP contribution in [0.4, 0.5) is 5.82 Å². The first-order chi connectivity index (χ1) is 9.63. The number of hydrogen-bond donors (Lipinski definition) is 0. The molecule has 0 amide bonds. The maximum atomic E-state index is 5.66. The van der Waals surface area contributed by atoms with Gasteiger partial charge >= 0.3 is 0 Å². The van der Waals surface area contributed by atoms with E-state index in [0.717, 1.165) is 24.0 Å². The summed E-state index contributed by atoms with van der Waals surface area (Å²) in [5, 5.41) is 0. The number of piperidine rings is 1. The van der Waals surface area contributed by atoms with Crippen molar-refractivity contribution >= 4 is 5.82 Å². The fraction of sp³-hybridized carbons (Fsp3) is 0.688. The van der Waals surface area contributed by atoms with Gasteiger partial charge in [-0.05, 0) is 58.3 Å². The van der Waals surface area contributed by atoms with Crippen LogP contribution < -0.4 is 9.64 Å². The zero-order valence-corrected chi connectivity index (χ0v) is 12.7. The summed E-state index contributed by atoms with van der Waals surface area (Å²) in [6.45, 7) is 7.65. The summed E-state index contributed by atoms with van der Waals surface area (Å²) in [4.78, 5) is 9.56. The molecule has 0 saturated carbocycles. The lowest BCUT2D eigenvalue weighted by atomic mass is 9.93. The van der Waals surface area contributed by atoms with Gasteiger partial charge in [0.2, 0.25) is 0 Å². The first-order valence-corrected chi connectivity index (χ1v) is 7.71. The van der Waals surface area contributed by atoms with Crippen molar-refractivity contribution in [2.45, 2.75) is 38.8 Å². The first-order valence-electron chi connectivity index (χ1n) is 7.71. The summed E-state index contributed by atoms with van der Waals surface area (Å²) in [7, 11) is 2.23. The van der Waals surface area contributed by atoms with Crippen LogP contribution in [0.2, 0.25) is 0 Å². The number of anilines is 1. The zero-order chi connectivity index (χ0) is 14.1. The lowest BCUT2D eigenvalue weighted by Gasteiger charge is -2.36. The standard InChI is InChI=1S/C16H25N3O/c1-12(2)20-14-4-5-16(17-10-14)19-9-6-13-11-18(3)8-7-15(13)19/h4-5,10,12-13,15H,6-9,11H2,1-3H3. The highest BCUT2D eigenvalue weighted by atomic mass is 16.5. The molecule has 1 aromatic heterocycles. The van der Waals surface area contributed by atoms with Crippen LogP contribution in [0.1, 0.15) is 26.7 Å². The molecule has 0 radical (unpaired) electrons. The van der Waals surface area contributed by atoms with Crippen molar-refractivity contribution in [2.24, 2.45) is 5.92 Å². The molecule has 0 aliphatic carbocycles. The van der Waals surface area contributed by atoms with E-state index >= 15 is 0 Å². The third kappa shape index (κ3) is 2.75. The van der Waals surface area contributed by atoms with Crippen molar-refractivity contribution < 1.29 is 4.74 Å². The molecule has 0 bridgehead atoms. The third-order valence-electron chi connectivity index (χ3n) is 4.42. The number of rotatable bonds is 3. The molecule has 0 spiro atoms. The van der Waals surface area contributed by atoms with Gasteiger partial charge in [-0.15, -0.1) is 0 Å². The predicted molar refractivity (Wildman–Crippen MR) is 81.4 cm³/mol. The summed E-state index contributed by atoms with van der Waals surface area (Å²) in [5.41, 5.74) is 0. The second kappa shape index (κ2) is 5.60. The molecule has 2 aliphatic heterocycles. The lowest BCUT2D eigenvalue weighted by Crippen LogP contribution is -2.44. The number of ether oxygens (including phenoxy) is 1. The molecular weight excluding hydrogens is 250 g/mol. The van der Waals surface area contributed by atoms with Crippen molar-refractivity contribution in [3.63, 3.8) is 0 Å². The molecule has 3 heterocycles. The van der Waals surface area contributed by atoms with E-state index in [1.165, 1.54) is 25.9 Å². The lowest BCUT2D eigenvalue weighted by molar-refractivity contribution is 0.202. The number of nitrogens with zero attached hydrogens (tertiary/aromatic N) is 3. The Morgan fingerprint density at radius 1 is 1.25 bits per heavy atom. The molecule has 3 rings (SSSR count). The Morgan fingerprint density at radius 2 is 2.10 bits per heavy atom. The predicted octanol–water partition coefficient (Wildman–Crippen LogP) is 2.40. The van der Waals surface area contributed by atoms with Crippen molar-refractivity contribution in [3.8, 4) is 5.75 Å². The minimum Gasteiger partial charge on any atom is -0.489 e. The van der Waals surface area contributed by atoms with Gasteiger partial charge in [-0.2, -0.15) is 0 Å². The monoisotopic (exact) mass is 275 g/mol. The minimum absolute atomic E-state index is 0.202. The molecule has 2 atom stereocenters. The molecule has 4 heteroatoms. The fourth-order valence-corrected chi connectivity index (χ4v) is 3.54. The van der Waals surface area contributed by atoms with Gasteiger partial charge in [0.1, 0.15) is 11.6 Å². The van der Waals surface area contributed by atoms with Gasteiger partial charge in [0.25, 0.3) is 0 Å². The van der Waals surface area contributed by atoms with Crippen LogP contribution in [0.15, 0.2) is 18.3 Å². The van der Waals surface area contributed by atoms with Crippen molar-refractivity contribution in [3.05, 3.63) is 18.3 Å². The van der Waals surface area contributed by atoms with Gasteiger partial charge in [0.15, 0.2) is 0 Å². The van der Waals surface area contributed by atoms with Crippen molar-refractivity contribution in [1.29, 1.82) is 0 Å². The molecule has 2 saturated heterocycles. The van der Waals surface area contributed by atoms with Gasteiger partial charge in [0.05, 0.1) is 12.3 Å². The van der Waals surface area contributed by atoms with Crippen LogP contribution in [0, 0.1) is 5.92 Å². The molecule has 4 nitrogen and oxygen atoms in total. The van der Waals surface area contributed by atoms with Crippen LogP contribution in [-0.2, 0) is 0 Å². The fourth-order valence-electron chi connectivity index (χ4n) is 3.54. The van der Waals surface area contributed by atoms with Gasteiger partial charge in [-0.25, -0.2) is 4.98 Å². The van der Waals surface area contributed by atoms with E-state index in [2.05, 4.69) is 27.9 Å². The highest BCUT2D eigenvalue weighted by molar-refractivity contribution is 5.43. The third-order valence-corrected chi connectivity index (χ3v) is 4.42. The average molecular weight is 275 g/mol. The summed E-state index contributed by atoms with van der Waals surface area (Å²) in [6.07, 6.45) is 4.61. The Morgan fingerprint density at radius 3 is 2.80 bits per heavy atom. The van der Waals surface area contributed by atoms with Crippen LogP contribution in [-0.4, -0.2) is 48.7 Å². The SMILES string of the molecule is CC(C)Oc1ccc(N2CCC3CN(C)CCC32)nc1. The zero-order valence-electron chi connectivity index (χ0n) is 12.7. The molecule has 0 aromatic carbocycles. The number of pyridine rings is 1. The van der Waals surface area contributed by atoms with Crippen molar-refractivity contribution in [1.82, 2.24) is 9.88 Å². The van der Waals surface area contributed by atoms with E-state index in [0.29, 0.717) is 6.04 Å². The van der Waals surface area contributed by atoms with Gasteiger partial charge in [-0.1, -0.05) is 0 Å². The second-order valence-electron chi connectivity index (χ2n) is 6.38. The summed E-state index contributed by atoms with van der Waals surface area (Å²) in [6, 6.07) is 4.83. The van der Waals surface area contributed by atoms with E-state index < -0.39 is 0 Å². The molecule has 110 valence electrons. The average Bonchev–Trinajstić information content (AvgIpc) is 2.82. The molecule has 2 unspecified atom stereocenters. The van der Waals surface area contributed by atoms with E-state index in [1.807, 2.05) is 26.1 Å². The summed E-state index contributed by atoms with van der Waals surface area (Å²) in [5.74, 6) is 2.78. The van der Waals surface area contributed by atoms with Crippen LogP contribution >= 0.6 is 0 Å².